The third kappa shape index (κ3) is 5.43. The van der Waals surface area contributed by atoms with Crippen LogP contribution >= 0.6 is 11.8 Å². The molecule has 2 aromatic rings. The van der Waals surface area contributed by atoms with Gasteiger partial charge in [0.2, 0.25) is 11.8 Å². The Morgan fingerprint density at radius 3 is 2.82 bits per heavy atom. The molecule has 28 heavy (non-hydrogen) atoms. The highest BCUT2D eigenvalue weighted by Gasteiger charge is 2.32. The molecule has 1 aliphatic rings. The van der Waals surface area contributed by atoms with Crippen LogP contribution < -0.4 is 15.4 Å². The van der Waals surface area contributed by atoms with Crippen LogP contribution in [0, 0.1) is 6.92 Å². The first-order valence-corrected chi connectivity index (χ1v) is 9.50. The van der Waals surface area contributed by atoms with E-state index in [1.165, 1.54) is 11.8 Å². The molecule has 2 N–H and O–H groups in total. The van der Waals surface area contributed by atoms with Crippen LogP contribution in [0.5, 0.6) is 5.75 Å². The number of thioether (sulfide) groups is 1. The number of amidine groups is 1. The Hall–Kier alpha value is -3.13. The molecule has 7 nitrogen and oxygen atoms in total. The summed E-state index contributed by atoms with van der Waals surface area (Å²) in [5.74, 6) is 0.132. The van der Waals surface area contributed by atoms with Gasteiger partial charge in [-0.3, -0.25) is 9.59 Å². The van der Waals surface area contributed by atoms with E-state index < -0.39 is 5.25 Å². The predicted molar refractivity (Wildman–Crippen MR) is 112 cm³/mol. The van der Waals surface area contributed by atoms with Gasteiger partial charge >= 0.3 is 0 Å². The summed E-state index contributed by atoms with van der Waals surface area (Å²) in [6.45, 7) is 2.01. The van der Waals surface area contributed by atoms with E-state index in [0.717, 1.165) is 11.1 Å². The maximum Gasteiger partial charge on any atom is 0.240 e. The molecule has 0 aliphatic carbocycles. The first kappa shape index (κ1) is 19.6. The maximum atomic E-state index is 12.2. The van der Waals surface area contributed by atoms with Crippen LogP contribution in [-0.2, 0) is 9.59 Å². The molecule has 1 atom stereocenters. The molecule has 0 saturated carbocycles. The van der Waals surface area contributed by atoms with Crippen LogP contribution in [0.1, 0.15) is 17.5 Å². The summed E-state index contributed by atoms with van der Waals surface area (Å²) in [5, 5.41) is 13.3. The van der Waals surface area contributed by atoms with Crippen LogP contribution in [0.2, 0.25) is 0 Å². The average Bonchev–Trinajstić information content (AvgIpc) is 3.02. The fourth-order valence-corrected chi connectivity index (χ4v) is 3.39. The molecule has 1 heterocycles. The molecule has 1 fully saturated rings. The molecule has 8 heteroatoms. The van der Waals surface area contributed by atoms with Crippen LogP contribution in [0.4, 0.5) is 5.69 Å². The van der Waals surface area contributed by atoms with Crippen LogP contribution in [0.15, 0.2) is 58.7 Å². The summed E-state index contributed by atoms with van der Waals surface area (Å²) in [6.07, 6.45) is 1.65. The van der Waals surface area contributed by atoms with E-state index in [2.05, 4.69) is 20.8 Å². The number of benzene rings is 2. The van der Waals surface area contributed by atoms with E-state index in [9.17, 15) is 9.59 Å². The second-order valence-corrected chi connectivity index (χ2v) is 7.33. The first-order valence-electron chi connectivity index (χ1n) is 8.62. The summed E-state index contributed by atoms with van der Waals surface area (Å²) >= 11 is 1.19. The summed E-state index contributed by atoms with van der Waals surface area (Å²) in [4.78, 5) is 24.3. The van der Waals surface area contributed by atoms with Gasteiger partial charge in [0.25, 0.3) is 0 Å². The van der Waals surface area contributed by atoms with Gasteiger partial charge in [-0.2, -0.15) is 5.10 Å². The second kappa shape index (κ2) is 9.18. The summed E-state index contributed by atoms with van der Waals surface area (Å²) in [5.41, 5.74) is 2.69. The minimum atomic E-state index is -0.543. The predicted octanol–water partition coefficient (Wildman–Crippen LogP) is 2.95. The van der Waals surface area contributed by atoms with Gasteiger partial charge in [-0.15, -0.1) is 5.10 Å². The first-order chi connectivity index (χ1) is 13.5. The molecule has 0 bridgehead atoms. The maximum absolute atomic E-state index is 12.2. The number of carbonyl (C=O) groups is 2. The number of hydrogen-bond acceptors (Lipinski definition) is 6. The molecular weight excluding hydrogens is 376 g/mol. The van der Waals surface area contributed by atoms with E-state index in [1.807, 2.05) is 31.2 Å². The zero-order chi connectivity index (χ0) is 19.9. The monoisotopic (exact) mass is 396 g/mol. The number of anilines is 1. The highest BCUT2D eigenvalue weighted by molar-refractivity contribution is 8.15. The highest BCUT2D eigenvalue weighted by atomic mass is 32.2. The van der Waals surface area contributed by atoms with E-state index in [4.69, 9.17) is 4.74 Å². The number of rotatable bonds is 6. The zero-order valence-electron chi connectivity index (χ0n) is 15.5. The smallest absolute Gasteiger partial charge is 0.240 e. The van der Waals surface area contributed by atoms with Crippen molar-refractivity contribution in [1.82, 2.24) is 5.32 Å². The molecule has 0 aromatic heterocycles. The van der Waals surface area contributed by atoms with Gasteiger partial charge in [-0.05, 0) is 24.6 Å². The number of carbonyl (C=O) groups excluding carboxylic acids is 2. The van der Waals surface area contributed by atoms with Crippen LogP contribution in [0.3, 0.4) is 0 Å². The molecule has 1 aliphatic heterocycles. The van der Waals surface area contributed by atoms with Gasteiger partial charge < -0.3 is 15.4 Å². The quantitative estimate of drug-likeness (QED) is 0.580. The Balaban J connectivity index is 1.54. The van der Waals surface area contributed by atoms with Crippen LogP contribution in [0.25, 0.3) is 0 Å². The van der Waals surface area contributed by atoms with Gasteiger partial charge in [0.15, 0.2) is 5.17 Å². The number of hydrogen-bond donors (Lipinski definition) is 2. The third-order valence-electron chi connectivity index (χ3n) is 3.93. The molecule has 0 spiro atoms. The molecule has 2 aromatic carbocycles. The lowest BCUT2D eigenvalue weighted by Gasteiger charge is -2.08. The van der Waals surface area contributed by atoms with E-state index in [0.29, 0.717) is 16.6 Å². The molecule has 3 rings (SSSR count). The van der Waals surface area contributed by atoms with Crippen LogP contribution in [-0.4, -0.2) is 35.6 Å². The van der Waals surface area contributed by atoms with Crippen molar-refractivity contribution in [2.75, 3.05) is 12.4 Å². The number of ether oxygens (including phenoxy) is 1. The highest BCUT2D eigenvalue weighted by Crippen LogP contribution is 2.23. The topological polar surface area (TPSA) is 92.2 Å². The van der Waals surface area contributed by atoms with Crippen molar-refractivity contribution in [3.05, 3.63) is 59.7 Å². The number of nitrogens with zero attached hydrogens (tertiary/aromatic N) is 2. The van der Waals surface area contributed by atoms with E-state index in [1.54, 1.807) is 37.6 Å². The van der Waals surface area contributed by atoms with Gasteiger partial charge in [-0.1, -0.05) is 47.7 Å². The normalized spacial score (nSPS) is 17.7. The lowest BCUT2D eigenvalue weighted by atomic mass is 10.2. The van der Waals surface area contributed by atoms with Crippen molar-refractivity contribution in [3.8, 4) is 5.75 Å². The Morgan fingerprint density at radius 1 is 1.29 bits per heavy atom. The molecule has 1 saturated heterocycles. The van der Waals surface area contributed by atoms with Gasteiger partial charge in [0.1, 0.15) is 11.0 Å². The fraction of sp³-hybridized carbons (Fsp3) is 0.200. The standard InChI is InChI=1S/C20H20N4O3S/c1-13-6-8-14(9-7-13)12-21-24-20-23-19(26)17(28-20)11-18(25)22-15-4-3-5-16(10-15)27-2/h3-10,12,17H,11H2,1-2H3,(H,22,25)(H,23,24,26)/b21-12-/t17-/m1/s1. The van der Waals surface area contributed by atoms with Crippen molar-refractivity contribution in [2.24, 2.45) is 10.2 Å². The largest absolute Gasteiger partial charge is 0.497 e. The lowest BCUT2D eigenvalue weighted by Crippen LogP contribution is -2.28. The van der Waals surface area contributed by atoms with Crippen molar-refractivity contribution in [2.45, 2.75) is 18.6 Å². The van der Waals surface area contributed by atoms with E-state index >= 15 is 0 Å². The van der Waals surface area contributed by atoms with Crippen molar-refractivity contribution in [1.29, 1.82) is 0 Å². The number of nitrogens with one attached hydrogen (secondary N) is 2. The Bertz CT molecular complexity index is 925. The average molecular weight is 396 g/mol. The summed E-state index contributed by atoms with van der Waals surface area (Å²) in [7, 11) is 1.56. The lowest BCUT2D eigenvalue weighted by molar-refractivity contribution is -0.122. The van der Waals surface area contributed by atoms with E-state index in [-0.39, 0.29) is 18.2 Å². The molecular formula is C20H20N4O3S. The van der Waals surface area contributed by atoms with Gasteiger partial charge in [0.05, 0.1) is 13.3 Å². The second-order valence-electron chi connectivity index (χ2n) is 6.14. The molecule has 144 valence electrons. The molecule has 0 unspecified atom stereocenters. The van der Waals surface area contributed by atoms with Crippen molar-refractivity contribution < 1.29 is 14.3 Å². The summed E-state index contributed by atoms with van der Waals surface area (Å²) < 4.78 is 5.13. The Morgan fingerprint density at radius 2 is 2.07 bits per heavy atom. The SMILES string of the molecule is COc1cccc(NC(=O)C[C@H]2S/C(=N/N=C\c3ccc(C)cc3)NC2=O)c1. The summed E-state index contributed by atoms with van der Waals surface area (Å²) in [6, 6.07) is 14.9. The zero-order valence-corrected chi connectivity index (χ0v) is 16.3. The van der Waals surface area contributed by atoms with Gasteiger partial charge in [-0.25, -0.2) is 0 Å². The van der Waals surface area contributed by atoms with Gasteiger partial charge in [0, 0.05) is 18.2 Å². The number of aryl methyl sites for hydroxylation is 1. The van der Waals surface area contributed by atoms with Crippen molar-refractivity contribution in [3.63, 3.8) is 0 Å². The van der Waals surface area contributed by atoms with Crippen molar-refractivity contribution >= 4 is 40.6 Å². The minimum Gasteiger partial charge on any atom is -0.497 e. The Labute approximate surface area is 167 Å². The minimum absolute atomic E-state index is 0.0361. The number of methoxy groups -OCH3 is 1. The third-order valence-corrected chi connectivity index (χ3v) is 5.01. The fourth-order valence-electron chi connectivity index (χ4n) is 2.47. The molecule has 2 amide bonds. The Kier molecular flexibility index (Phi) is 6.44. The molecule has 0 radical (unpaired) electrons. The number of amides is 2.